The van der Waals surface area contributed by atoms with Gasteiger partial charge in [-0.1, -0.05) is 23.4 Å². The number of halogens is 4. The van der Waals surface area contributed by atoms with Crippen molar-refractivity contribution in [2.24, 2.45) is 0 Å². The molecule has 142 valence electrons. The van der Waals surface area contributed by atoms with Crippen LogP contribution in [0.3, 0.4) is 0 Å². The van der Waals surface area contributed by atoms with Crippen LogP contribution in [0.1, 0.15) is 28.8 Å². The van der Waals surface area contributed by atoms with Crippen LogP contribution in [0.25, 0.3) is 10.2 Å². The van der Waals surface area contributed by atoms with Crippen LogP contribution in [0, 0.1) is 0 Å². The minimum absolute atomic E-state index is 0.0402. The molecule has 0 saturated carbocycles. The maximum absolute atomic E-state index is 13.5. The van der Waals surface area contributed by atoms with Gasteiger partial charge in [0.05, 0.1) is 16.6 Å². The Kier molecular flexibility index (Phi) is 4.98. The van der Waals surface area contributed by atoms with Gasteiger partial charge in [-0.25, -0.2) is 9.97 Å². The lowest BCUT2D eigenvalue weighted by Crippen LogP contribution is -2.10. The predicted molar refractivity (Wildman–Crippen MR) is 106 cm³/mol. The van der Waals surface area contributed by atoms with Crippen molar-refractivity contribution in [3.63, 3.8) is 0 Å². The second-order valence-electron chi connectivity index (χ2n) is 6.26. The van der Waals surface area contributed by atoms with Crippen molar-refractivity contribution in [1.82, 2.24) is 9.97 Å². The number of fused-ring (bicyclic) bond motifs is 3. The van der Waals surface area contributed by atoms with Gasteiger partial charge < -0.3 is 5.32 Å². The summed E-state index contributed by atoms with van der Waals surface area (Å²) in [5.41, 5.74) is 0.296. The molecule has 4 rings (SSSR count). The fraction of sp³-hybridized carbons (Fsp3) is 0.333. The summed E-state index contributed by atoms with van der Waals surface area (Å²) < 4.78 is 40.4. The summed E-state index contributed by atoms with van der Waals surface area (Å²) in [6.45, 7) is 0. The fourth-order valence-electron chi connectivity index (χ4n) is 3.31. The number of hydrogen-bond acceptors (Lipinski definition) is 5. The normalized spacial score (nSPS) is 14.4. The molecule has 0 atom stereocenters. The first-order chi connectivity index (χ1) is 12.9. The van der Waals surface area contributed by atoms with Crippen LogP contribution in [0.15, 0.2) is 23.4 Å². The van der Waals surface area contributed by atoms with Gasteiger partial charge in [-0.2, -0.15) is 13.2 Å². The highest BCUT2D eigenvalue weighted by Gasteiger charge is 2.34. The second-order valence-corrected chi connectivity index (χ2v) is 8.56. The van der Waals surface area contributed by atoms with Gasteiger partial charge in [-0.3, -0.25) is 0 Å². The van der Waals surface area contributed by atoms with Gasteiger partial charge >= 0.3 is 6.18 Å². The number of hydrogen-bond donors (Lipinski definition) is 1. The Morgan fingerprint density at radius 2 is 1.96 bits per heavy atom. The van der Waals surface area contributed by atoms with E-state index in [1.54, 1.807) is 11.3 Å². The summed E-state index contributed by atoms with van der Waals surface area (Å²) >= 11 is 8.78. The van der Waals surface area contributed by atoms with E-state index in [4.69, 9.17) is 11.6 Å². The van der Waals surface area contributed by atoms with Crippen LogP contribution >= 0.6 is 34.7 Å². The standard InChI is InChI=1S/C18H15ClF3N3S2/c1-26-17-24-15(14-10-4-2-3-5-13(10)27-16(14)25-17)23-12-7-6-9(19)8-11(12)18(20,21)22/h6-8H,2-5H2,1H3,(H,23,24,25). The Labute approximate surface area is 167 Å². The summed E-state index contributed by atoms with van der Waals surface area (Å²) in [6, 6.07) is 3.72. The number of anilines is 2. The van der Waals surface area contributed by atoms with Crippen molar-refractivity contribution in [3.05, 3.63) is 39.2 Å². The maximum atomic E-state index is 13.5. The van der Waals surface area contributed by atoms with Gasteiger partial charge in [-0.05, 0) is 55.7 Å². The lowest BCUT2D eigenvalue weighted by atomic mass is 9.97. The molecule has 3 aromatic rings. The first-order valence-electron chi connectivity index (χ1n) is 8.37. The van der Waals surface area contributed by atoms with Crippen molar-refractivity contribution in [2.45, 2.75) is 37.0 Å². The number of thioether (sulfide) groups is 1. The van der Waals surface area contributed by atoms with Crippen LogP contribution in [0.5, 0.6) is 0 Å². The molecule has 0 radical (unpaired) electrons. The molecule has 3 nitrogen and oxygen atoms in total. The van der Waals surface area contributed by atoms with Gasteiger partial charge in [0.1, 0.15) is 10.6 Å². The molecule has 1 aliphatic carbocycles. The van der Waals surface area contributed by atoms with E-state index in [0.717, 1.165) is 42.0 Å². The molecule has 9 heteroatoms. The third-order valence-corrected chi connectivity index (χ3v) is 6.49. The van der Waals surface area contributed by atoms with E-state index in [2.05, 4.69) is 15.3 Å². The number of aromatic nitrogens is 2. The number of nitrogens with zero attached hydrogens (tertiary/aromatic N) is 2. The number of benzene rings is 1. The second kappa shape index (κ2) is 7.14. The largest absolute Gasteiger partial charge is 0.418 e. The minimum atomic E-state index is -4.52. The smallest absolute Gasteiger partial charge is 0.339 e. The summed E-state index contributed by atoms with van der Waals surface area (Å²) in [6.07, 6.45) is 1.41. The number of rotatable bonds is 3. The Morgan fingerprint density at radius 1 is 1.19 bits per heavy atom. The zero-order valence-corrected chi connectivity index (χ0v) is 16.7. The number of aryl methyl sites for hydroxylation is 2. The maximum Gasteiger partial charge on any atom is 0.418 e. The Hall–Kier alpha value is -1.51. The monoisotopic (exact) mass is 429 g/mol. The summed E-state index contributed by atoms with van der Waals surface area (Å²) in [7, 11) is 0. The third kappa shape index (κ3) is 3.62. The SMILES string of the molecule is CSc1nc(Nc2ccc(Cl)cc2C(F)(F)F)c2c3c(sc2n1)CCCC3. The quantitative estimate of drug-likeness (QED) is 0.371. The average Bonchev–Trinajstić information content (AvgIpc) is 3.00. The molecular weight excluding hydrogens is 415 g/mol. The van der Waals surface area contributed by atoms with Crippen molar-refractivity contribution >= 4 is 56.4 Å². The molecule has 1 aromatic carbocycles. The molecule has 0 spiro atoms. The zero-order valence-electron chi connectivity index (χ0n) is 14.3. The van der Waals surface area contributed by atoms with E-state index in [0.29, 0.717) is 11.0 Å². The predicted octanol–water partition coefficient (Wildman–Crippen LogP) is 6.71. The third-order valence-electron chi connectivity index (χ3n) is 4.52. The van der Waals surface area contributed by atoms with E-state index in [9.17, 15) is 13.2 Å². The molecule has 0 bridgehead atoms. The molecule has 0 fully saturated rings. The van der Waals surface area contributed by atoms with Gasteiger partial charge in [0.25, 0.3) is 0 Å². The Bertz CT molecular complexity index is 1020. The molecule has 27 heavy (non-hydrogen) atoms. The van der Waals surface area contributed by atoms with E-state index in [-0.39, 0.29) is 10.7 Å². The first-order valence-corrected chi connectivity index (χ1v) is 10.8. The fourth-order valence-corrected chi connectivity index (χ4v) is 5.16. The molecule has 0 saturated heterocycles. The van der Waals surface area contributed by atoms with E-state index in [1.165, 1.54) is 34.3 Å². The van der Waals surface area contributed by atoms with Crippen molar-refractivity contribution in [1.29, 1.82) is 0 Å². The van der Waals surface area contributed by atoms with Gasteiger partial charge in [-0.15, -0.1) is 11.3 Å². The molecule has 1 N–H and O–H groups in total. The van der Waals surface area contributed by atoms with Crippen molar-refractivity contribution < 1.29 is 13.2 Å². The average molecular weight is 430 g/mol. The highest BCUT2D eigenvalue weighted by molar-refractivity contribution is 7.98. The molecule has 2 heterocycles. The van der Waals surface area contributed by atoms with Crippen LogP contribution in [0.4, 0.5) is 24.7 Å². The molecule has 0 aliphatic heterocycles. The molecule has 0 unspecified atom stereocenters. The summed E-state index contributed by atoms with van der Waals surface area (Å²) in [5, 5.41) is 4.34. The lowest BCUT2D eigenvalue weighted by Gasteiger charge is -2.16. The van der Waals surface area contributed by atoms with Crippen LogP contribution in [-0.4, -0.2) is 16.2 Å². The summed E-state index contributed by atoms with van der Waals surface area (Å²) in [5.74, 6) is 0.427. The zero-order chi connectivity index (χ0) is 19.2. The van der Waals surface area contributed by atoms with E-state index < -0.39 is 11.7 Å². The van der Waals surface area contributed by atoms with Crippen LogP contribution < -0.4 is 5.32 Å². The summed E-state index contributed by atoms with van der Waals surface area (Å²) in [4.78, 5) is 11.1. The van der Waals surface area contributed by atoms with Gasteiger partial charge in [0, 0.05) is 9.90 Å². The lowest BCUT2D eigenvalue weighted by molar-refractivity contribution is -0.136. The topological polar surface area (TPSA) is 37.8 Å². The van der Waals surface area contributed by atoms with Crippen molar-refractivity contribution in [3.8, 4) is 0 Å². The highest BCUT2D eigenvalue weighted by Crippen LogP contribution is 2.42. The molecular formula is C18H15ClF3N3S2. The van der Waals surface area contributed by atoms with Gasteiger partial charge in [0.15, 0.2) is 5.16 Å². The Morgan fingerprint density at radius 3 is 2.70 bits per heavy atom. The molecule has 2 aromatic heterocycles. The van der Waals surface area contributed by atoms with Gasteiger partial charge in [0.2, 0.25) is 0 Å². The number of alkyl halides is 3. The van der Waals surface area contributed by atoms with E-state index >= 15 is 0 Å². The van der Waals surface area contributed by atoms with Crippen LogP contribution in [0.2, 0.25) is 5.02 Å². The molecule has 0 amide bonds. The first kappa shape index (κ1) is 18.8. The van der Waals surface area contributed by atoms with Crippen molar-refractivity contribution in [2.75, 3.05) is 11.6 Å². The molecule has 1 aliphatic rings. The number of thiophene rings is 1. The van der Waals surface area contributed by atoms with Crippen LogP contribution in [-0.2, 0) is 19.0 Å². The highest BCUT2D eigenvalue weighted by atomic mass is 35.5. The van der Waals surface area contributed by atoms with E-state index in [1.807, 2.05) is 6.26 Å². The number of nitrogens with one attached hydrogen (secondary N) is 1. The Balaban J connectivity index is 1.88. The minimum Gasteiger partial charge on any atom is -0.339 e.